The van der Waals surface area contributed by atoms with Crippen LogP contribution >= 0.6 is 11.3 Å². The molecule has 122 valence electrons. The van der Waals surface area contributed by atoms with E-state index >= 15 is 0 Å². The topological polar surface area (TPSA) is 57.4 Å². The largest absolute Gasteiger partial charge is 0.383 e. The third-order valence-electron chi connectivity index (χ3n) is 4.59. The molecule has 0 atom stereocenters. The van der Waals surface area contributed by atoms with Gasteiger partial charge in [0.05, 0.1) is 0 Å². The molecule has 0 bridgehead atoms. The molecule has 0 radical (unpaired) electrons. The van der Waals surface area contributed by atoms with Gasteiger partial charge in [0.1, 0.15) is 5.82 Å². The van der Waals surface area contributed by atoms with E-state index in [1.165, 1.54) is 49.5 Å². The molecule has 2 aromatic rings. The summed E-state index contributed by atoms with van der Waals surface area (Å²) in [5, 5.41) is 5.97. The standard InChI is InChI=1S/C17H23N5S/c18-16-12-23-17(20-16)19-14-3-5-15(6-4-14)22-9-7-21(8-10-22)11-13-1-2-13/h3-6,12-13H,1-2,7-11,18H2,(H,19,20). The first-order chi connectivity index (χ1) is 11.3. The van der Waals surface area contributed by atoms with Crippen molar-refractivity contribution in [3.63, 3.8) is 0 Å². The summed E-state index contributed by atoms with van der Waals surface area (Å²) in [5.41, 5.74) is 8.00. The van der Waals surface area contributed by atoms with E-state index in [4.69, 9.17) is 5.73 Å². The number of hydrogen-bond acceptors (Lipinski definition) is 6. The summed E-state index contributed by atoms with van der Waals surface area (Å²) in [5.74, 6) is 1.56. The molecule has 0 amide bonds. The summed E-state index contributed by atoms with van der Waals surface area (Å²) in [6.45, 7) is 5.95. The van der Waals surface area contributed by atoms with E-state index in [1.807, 2.05) is 5.38 Å². The quantitative estimate of drug-likeness (QED) is 0.883. The van der Waals surface area contributed by atoms with Gasteiger partial charge >= 0.3 is 0 Å². The molecule has 1 saturated carbocycles. The molecular weight excluding hydrogens is 306 g/mol. The number of hydrogen-bond donors (Lipinski definition) is 2. The zero-order valence-electron chi connectivity index (χ0n) is 13.2. The van der Waals surface area contributed by atoms with E-state index in [2.05, 4.69) is 44.4 Å². The number of piperazine rings is 1. The number of nitrogens with two attached hydrogens (primary N) is 1. The number of rotatable bonds is 5. The summed E-state index contributed by atoms with van der Waals surface area (Å²) in [6.07, 6.45) is 2.89. The summed E-state index contributed by atoms with van der Waals surface area (Å²) in [4.78, 5) is 9.33. The number of nitrogen functional groups attached to an aromatic ring is 1. The lowest BCUT2D eigenvalue weighted by atomic mass is 10.2. The van der Waals surface area contributed by atoms with Gasteiger partial charge in [0.15, 0.2) is 5.13 Å². The van der Waals surface area contributed by atoms with Crippen LogP contribution in [0.3, 0.4) is 0 Å². The Hall–Kier alpha value is -1.79. The zero-order valence-corrected chi connectivity index (χ0v) is 14.1. The van der Waals surface area contributed by atoms with E-state index in [-0.39, 0.29) is 0 Å². The van der Waals surface area contributed by atoms with Crippen LogP contribution in [0.25, 0.3) is 0 Å². The number of nitrogens with one attached hydrogen (secondary N) is 1. The van der Waals surface area contributed by atoms with Gasteiger partial charge in [-0.05, 0) is 43.0 Å². The predicted molar refractivity (Wildman–Crippen MR) is 97.6 cm³/mol. The lowest BCUT2D eigenvalue weighted by Crippen LogP contribution is -2.47. The molecule has 1 aromatic heterocycles. The summed E-state index contributed by atoms with van der Waals surface area (Å²) in [6, 6.07) is 8.61. The Kier molecular flexibility index (Phi) is 4.10. The fourth-order valence-corrected chi connectivity index (χ4v) is 3.70. The van der Waals surface area contributed by atoms with Crippen LogP contribution in [0.4, 0.5) is 22.3 Å². The smallest absolute Gasteiger partial charge is 0.189 e. The van der Waals surface area contributed by atoms with Gasteiger partial charge in [-0.2, -0.15) is 0 Å². The maximum atomic E-state index is 5.65. The first kappa shape index (κ1) is 14.8. The first-order valence-corrected chi connectivity index (χ1v) is 9.19. The van der Waals surface area contributed by atoms with Gasteiger partial charge in [-0.25, -0.2) is 4.98 Å². The fraction of sp³-hybridized carbons (Fsp3) is 0.471. The van der Waals surface area contributed by atoms with Crippen molar-refractivity contribution < 1.29 is 0 Å². The summed E-state index contributed by atoms with van der Waals surface area (Å²) in [7, 11) is 0. The second kappa shape index (κ2) is 6.37. The van der Waals surface area contributed by atoms with Crippen molar-refractivity contribution in [1.82, 2.24) is 9.88 Å². The van der Waals surface area contributed by atoms with E-state index in [0.29, 0.717) is 5.82 Å². The van der Waals surface area contributed by atoms with Crippen molar-refractivity contribution >= 4 is 33.7 Å². The normalized spacial score (nSPS) is 19.0. The van der Waals surface area contributed by atoms with Crippen LogP contribution in [0.2, 0.25) is 0 Å². The van der Waals surface area contributed by atoms with Gasteiger partial charge in [-0.15, -0.1) is 11.3 Å². The molecule has 3 N–H and O–H groups in total. The minimum atomic E-state index is 0.568. The van der Waals surface area contributed by atoms with E-state index in [1.54, 1.807) is 0 Å². The Labute approximate surface area is 141 Å². The molecule has 0 spiro atoms. The predicted octanol–water partition coefficient (Wildman–Crippen LogP) is 3.00. The fourth-order valence-electron chi connectivity index (χ4n) is 3.08. The molecule has 23 heavy (non-hydrogen) atoms. The number of thiazole rings is 1. The molecule has 1 aromatic carbocycles. The van der Waals surface area contributed by atoms with Crippen molar-refractivity contribution in [3.05, 3.63) is 29.6 Å². The average Bonchev–Trinajstić information content (AvgIpc) is 3.29. The number of nitrogens with zero attached hydrogens (tertiary/aromatic N) is 3. The molecule has 0 unspecified atom stereocenters. The Morgan fingerprint density at radius 3 is 2.48 bits per heavy atom. The highest BCUT2D eigenvalue weighted by Crippen LogP contribution is 2.30. The van der Waals surface area contributed by atoms with Gasteiger partial charge in [0.2, 0.25) is 0 Å². The number of benzene rings is 1. The number of anilines is 4. The van der Waals surface area contributed by atoms with Crippen LogP contribution in [0.1, 0.15) is 12.8 Å². The Morgan fingerprint density at radius 1 is 1.13 bits per heavy atom. The van der Waals surface area contributed by atoms with Crippen LogP contribution in [0.15, 0.2) is 29.6 Å². The highest BCUT2D eigenvalue weighted by atomic mass is 32.1. The van der Waals surface area contributed by atoms with Gasteiger partial charge < -0.3 is 16.0 Å². The molecule has 4 rings (SSSR count). The minimum Gasteiger partial charge on any atom is -0.383 e. The van der Waals surface area contributed by atoms with Gasteiger partial charge in [-0.1, -0.05) is 0 Å². The monoisotopic (exact) mass is 329 g/mol. The SMILES string of the molecule is Nc1csc(Nc2ccc(N3CCN(CC4CC4)CC3)cc2)n1. The first-order valence-electron chi connectivity index (χ1n) is 8.32. The lowest BCUT2D eigenvalue weighted by molar-refractivity contribution is 0.248. The highest BCUT2D eigenvalue weighted by Gasteiger charge is 2.26. The van der Waals surface area contributed by atoms with E-state index in [0.717, 1.165) is 29.8 Å². The van der Waals surface area contributed by atoms with Crippen LogP contribution in [0, 0.1) is 5.92 Å². The van der Waals surface area contributed by atoms with Crippen molar-refractivity contribution in [2.45, 2.75) is 12.8 Å². The van der Waals surface area contributed by atoms with Gasteiger partial charge in [0, 0.05) is 49.5 Å². The Morgan fingerprint density at radius 2 is 1.87 bits per heavy atom. The Bertz CT molecular complexity index is 641. The average molecular weight is 329 g/mol. The molecule has 2 fully saturated rings. The molecule has 2 heterocycles. The maximum Gasteiger partial charge on any atom is 0.189 e. The molecule has 5 nitrogen and oxygen atoms in total. The molecule has 1 saturated heterocycles. The minimum absolute atomic E-state index is 0.568. The second-order valence-electron chi connectivity index (χ2n) is 6.48. The molecule has 2 aliphatic rings. The Balaban J connectivity index is 1.32. The number of aromatic nitrogens is 1. The molecule has 6 heteroatoms. The third-order valence-corrected chi connectivity index (χ3v) is 5.37. The van der Waals surface area contributed by atoms with Crippen molar-refractivity contribution in [3.8, 4) is 0 Å². The molecular formula is C17H23N5S. The van der Waals surface area contributed by atoms with Gasteiger partial charge in [-0.3, -0.25) is 4.90 Å². The maximum absolute atomic E-state index is 5.65. The highest BCUT2D eigenvalue weighted by molar-refractivity contribution is 7.14. The van der Waals surface area contributed by atoms with Crippen molar-refractivity contribution in [2.24, 2.45) is 5.92 Å². The van der Waals surface area contributed by atoms with Crippen LogP contribution in [-0.2, 0) is 0 Å². The summed E-state index contributed by atoms with van der Waals surface area (Å²) < 4.78 is 0. The third kappa shape index (κ3) is 3.76. The zero-order chi connectivity index (χ0) is 15.6. The van der Waals surface area contributed by atoms with Crippen LogP contribution in [-0.4, -0.2) is 42.6 Å². The summed E-state index contributed by atoms with van der Waals surface area (Å²) >= 11 is 1.52. The lowest BCUT2D eigenvalue weighted by Gasteiger charge is -2.36. The van der Waals surface area contributed by atoms with E-state index in [9.17, 15) is 0 Å². The van der Waals surface area contributed by atoms with Crippen LogP contribution in [0.5, 0.6) is 0 Å². The van der Waals surface area contributed by atoms with Crippen LogP contribution < -0.4 is 16.0 Å². The second-order valence-corrected chi connectivity index (χ2v) is 7.34. The van der Waals surface area contributed by atoms with Gasteiger partial charge in [0.25, 0.3) is 0 Å². The van der Waals surface area contributed by atoms with Crippen molar-refractivity contribution in [2.75, 3.05) is 48.7 Å². The molecule has 1 aliphatic carbocycles. The van der Waals surface area contributed by atoms with E-state index < -0.39 is 0 Å². The van der Waals surface area contributed by atoms with Crippen molar-refractivity contribution in [1.29, 1.82) is 0 Å². The molecule has 1 aliphatic heterocycles.